The van der Waals surface area contributed by atoms with Crippen molar-refractivity contribution in [1.82, 2.24) is 4.90 Å². The standard InChI is InChI=1S/C14H18BrNO/c1-2-16(11-10-15)13(17)14(8-9-14)12-6-4-3-5-7-12/h3-7H,2,8-11H2,1H3. The third-order valence-electron chi connectivity index (χ3n) is 3.51. The van der Waals surface area contributed by atoms with E-state index in [0.717, 1.165) is 31.3 Å². The topological polar surface area (TPSA) is 20.3 Å². The van der Waals surface area contributed by atoms with E-state index in [2.05, 4.69) is 28.1 Å². The molecule has 3 heteroatoms. The fourth-order valence-corrected chi connectivity index (χ4v) is 2.74. The first-order valence-electron chi connectivity index (χ1n) is 6.15. The van der Waals surface area contributed by atoms with Gasteiger partial charge in [-0.3, -0.25) is 4.79 Å². The summed E-state index contributed by atoms with van der Waals surface area (Å²) >= 11 is 3.41. The quantitative estimate of drug-likeness (QED) is 0.765. The van der Waals surface area contributed by atoms with E-state index in [-0.39, 0.29) is 5.41 Å². The second kappa shape index (κ2) is 5.21. The minimum Gasteiger partial charge on any atom is -0.341 e. The molecule has 1 aliphatic carbocycles. The molecule has 0 spiro atoms. The molecule has 1 aliphatic rings. The molecule has 0 bridgehead atoms. The van der Waals surface area contributed by atoms with Gasteiger partial charge in [-0.25, -0.2) is 0 Å². The SMILES string of the molecule is CCN(CCBr)C(=O)C1(c2ccccc2)CC1. The number of carbonyl (C=O) groups excluding carboxylic acids is 1. The van der Waals surface area contributed by atoms with E-state index >= 15 is 0 Å². The Morgan fingerprint density at radius 3 is 2.47 bits per heavy atom. The number of carbonyl (C=O) groups is 1. The fourth-order valence-electron chi connectivity index (χ4n) is 2.32. The molecule has 0 N–H and O–H groups in total. The van der Waals surface area contributed by atoms with Crippen LogP contribution in [0.15, 0.2) is 30.3 Å². The molecule has 2 rings (SSSR count). The van der Waals surface area contributed by atoms with Gasteiger partial charge in [-0.15, -0.1) is 0 Å². The van der Waals surface area contributed by atoms with Crippen molar-refractivity contribution in [3.8, 4) is 0 Å². The monoisotopic (exact) mass is 295 g/mol. The number of amides is 1. The van der Waals surface area contributed by atoms with Crippen LogP contribution in [0.3, 0.4) is 0 Å². The number of halogens is 1. The molecule has 1 aromatic carbocycles. The molecule has 0 radical (unpaired) electrons. The van der Waals surface area contributed by atoms with Crippen molar-refractivity contribution in [2.45, 2.75) is 25.2 Å². The number of benzene rings is 1. The first kappa shape index (κ1) is 12.6. The van der Waals surface area contributed by atoms with Gasteiger partial charge in [0.05, 0.1) is 5.41 Å². The molecule has 0 aromatic heterocycles. The maximum absolute atomic E-state index is 12.6. The molecule has 0 aliphatic heterocycles. The van der Waals surface area contributed by atoms with Gasteiger partial charge in [0, 0.05) is 18.4 Å². The van der Waals surface area contributed by atoms with E-state index < -0.39 is 0 Å². The van der Waals surface area contributed by atoms with Crippen LogP contribution in [0.4, 0.5) is 0 Å². The predicted molar refractivity (Wildman–Crippen MR) is 73.4 cm³/mol. The zero-order valence-electron chi connectivity index (χ0n) is 10.2. The molecule has 0 saturated heterocycles. The molecule has 0 atom stereocenters. The van der Waals surface area contributed by atoms with Crippen LogP contribution < -0.4 is 0 Å². The van der Waals surface area contributed by atoms with Crippen LogP contribution in [0.1, 0.15) is 25.3 Å². The summed E-state index contributed by atoms with van der Waals surface area (Å²) in [7, 11) is 0. The summed E-state index contributed by atoms with van der Waals surface area (Å²) in [5.74, 6) is 0.297. The van der Waals surface area contributed by atoms with Gasteiger partial charge in [-0.2, -0.15) is 0 Å². The molecular formula is C14H18BrNO. The van der Waals surface area contributed by atoms with E-state index in [9.17, 15) is 4.79 Å². The summed E-state index contributed by atoms with van der Waals surface area (Å²) < 4.78 is 0. The van der Waals surface area contributed by atoms with Crippen molar-refractivity contribution >= 4 is 21.8 Å². The van der Waals surface area contributed by atoms with Crippen LogP contribution in [0.25, 0.3) is 0 Å². The summed E-state index contributed by atoms with van der Waals surface area (Å²) in [6, 6.07) is 10.2. The Balaban J connectivity index is 2.19. The summed E-state index contributed by atoms with van der Waals surface area (Å²) in [6.45, 7) is 3.63. The van der Waals surface area contributed by atoms with Crippen molar-refractivity contribution in [3.63, 3.8) is 0 Å². The maximum atomic E-state index is 12.6. The highest BCUT2D eigenvalue weighted by Gasteiger charge is 2.52. The lowest BCUT2D eigenvalue weighted by atomic mass is 9.94. The zero-order valence-corrected chi connectivity index (χ0v) is 11.7. The van der Waals surface area contributed by atoms with Crippen LogP contribution in [0.2, 0.25) is 0 Å². The normalized spacial score (nSPS) is 16.6. The Labute approximate surface area is 111 Å². The first-order chi connectivity index (χ1) is 8.24. The maximum Gasteiger partial charge on any atom is 0.233 e. The number of likely N-dealkylation sites (N-methyl/N-ethyl adjacent to an activating group) is 1. The molecule has 0 unspecified atom stereocenters. The van der Waals surface area contributed by atoms with Gasteiger partial charge in [-0.1, -0.05) is 46.3 Å². The highest BCUT2D eigenvalue weighted by Crippen LogP contribution is 2.49. The Hall–Kier alpha value is -0.830. The second-order valence-electron chi connectivity index (χ2n) is 4.52. The molecule has 2 nitrogen and oxygen atoms in total. The zero-order chi connectivity index (χ0) is 12.3. The van der Waals surface area contributed by atoms with Gasteiger partial charge in [0.15, 0.2) is 0 Å². The number of hydrogen-bond donors (Lipinski definition) is 0. The van der Waals surface area contributed by atoms with E-state index in [4.69, 9.17) is 0 Å². The first-order valence-corrected chi connectivity index (χ1v) is 7.27. The minimum absolute atomic E-state index is 0.209. The Kier molecular flexibility index (Phi) is 3.87. The number of hydrogen-bond acceptors (Lipinski definition) is 1. The van der Waals surface area contributed by atoms with Gasteiger partial charge in [0.1, 0.15) is 0 Å². The highest BCUT2D eigenvalue weighted by atomic mass is 79.9. The molecule has 1 fully saturated rings. The second-order valence-corrected chi connectivity index (χ2v) is 5.31. The van der Waals surface area contributed by atoms with Gasteiger partial charge >= 0.3 is 0 Å². The van der Waals surface area contributed by atoms with Crippen LogP contribution in [-0.2, 0) is 10.2 Å². The van der Waals surface area contributed by atoms with Crippen molar-refractivity contribution in [2.75, 3.05) is 18.4 Å². The van der Waals surface area contributed by atoms with Crippen molar-refractivity contribution in [3.05, 3.63) is 35.9 Å². The molecule has 92 valence electrons. The van der Waals surface area contributed by atoms with Crippen LogP contribution in [0, 0.1) is 0 Å². The van der Waals surface area contributed by atoms with Gasteiger partial charge < -0.3 is 4.90 Å². The molecule has 1 amide bonds. The Bertz CT molecular complexity index is 386. The highest BCUT2D eigenvalue weighted by molar-refractivity contribution is 9.09. The largest absolute Gasteiger partial charge is 0.341 e. The van der Waals surface area contributed by atoms with E-state index in [1.807, 2.05) is 30.0 Å². The van der Waals surface area contributed by atoms with E-state index in [1.165, 1.54) is 5.56 Å². The van der Waals surface area contributed by atoms with Crippen molar-refractivity contribution in [2.24, 2.45) is 0 Å². The lowest BCUT2D eigenvalue weighted by molar-refractivity contribution is -0.133. The summed E-state index contributed by atoms with van der Waals surface area (Å²) in [5, 5.41) is 0.845. The smallest absolute Gasteiger partial charge is 0.233 e. The van der Waals surface area contributed by atoms with Crippen LogP contribution in [-0.4, -0.2) is 29.2 Å². The average Bonchev–Trinajstić information content (AvgIpc) is 3.18. The molecule has 17 heavy (non-hydrogen) atoms. The lowest BCUT2D eigenvalue weighted by Gasteiger charge is -2.25. The predicted octanol–water partition coefficient (Wildman–Crippen LogP) is 2.96. The van der Waals surface area contributed by atoms with Gasteiger partial charge in [0.25, 0.3) is 0 Å². The number of alkyl halides is 1. The Morgan fingerprint density at radius 1 is 1.35 bits per heavy atom. The minimum atomic E-state index is -0.209. The van der Waals surface area contributed by atoms with Gasteiger partial charge in [-0.05, 0) is 25.3 Å². The fraction of sp³-hybridized carbons (Fsp3) is 0.500. The van der Waals surface area contributed by atoms with Gasteiger partial charge in [0.2, 0.25) is 5.91 Å². The van der Waals surface area contributed by atoms with Crippen molar-refractivity contribution in [1.29, 1.82) is 0 Å². The third-order valence-corrected chi connectivity index (χ3v) is 3.86. The summed E-state index contributed by atoms with van der Waals surface area (Å²) in [5.41, 5.74) is 0.970. The number of nitrogens with zero attached hydrogens (tertiary/aromatic N) is 1. The summed E-state index contributed by atoms with van der Waals surface area (Å²) in [4.78, 5) is 14.5. The molecular weight excluding hydrogens is 278 g/mol. The van der Waals surface area contributed by atoms with Crippen LogP contribution >= 0.6 is 15.9 Å². The van der Waals surface area contributed by atoms with E-state index in [0.29, 0.717) is 5.91 Å². The average molecular weight is 296 g/mol. The number of rotatable bonds is 5. The lowest BCUT2D eigenvalue weighted by Crippen LogP contribution is -2.40. The molecule has 1 aromatic rings. The third kappa shape index (κ3) is 2.39. The Morgan fingerprint density at radius 2 is 2.00 bits per heavy atom. The van der Waals surface area contributed by atoms with E-state index in [1.54, 1.807) is 0 Å². The molecule has 1 saturated carbocycles. The summed E-state index contributed by atoms with van der Waals surface area (Å²) in [6.07, 6.45) is 1.99. The molecule has 0 heterocycles. The van der Waals surface area contributed by atoms with Crippen molar-refractivity contribution < 1.29 is 4.79 Å². The van der Waals surface area contributed by atoms with Crippen LogP contribution in [0.5, 0.6) is 0 Å².